The number of carbonyl (C=O) groups excluding carboxylic acids is 2. The molecule has 10 nitrogen and oxygen atoms in total. The number of nitrogens with zero attached hydrogens (tertiary/aromatic N) is 5. The Labute approximate surface area is 207 Å². The van der Waals surface area contributed by atoms with E-state index >= 15 is 4.39 Å². The summed E-state index contributed by atoms with van der Waals surface area (Å²) in [6.45, 7) is 8.50. The molecule has 0 radical (unpaired) electrons. The number of hydrogen-bond acceptors (Lipinski definition) is 7. The first-order chi connectivity index (χ1) is 17.0. The normalized spacial score (nSPS) is 12.4. The highest BCUT2D eigenvalue weighted by atomic mass is 19.1. The number of para-hydroxylation sites is 1. The highest BCUT2D eigenvalue weighted by Crippen LogP contribution is 2.32. The fourth-order valence-electron chi connectivity index (χ4n) is 3.64. The van der Waals surface area contributed by atoms with Gasteiger partial charge in [0.15, 0.2) is 11.8 Å². The van der Waals surface area contributed by atoms with Crippen LogP contribution < -0.4 is 10.2 Å². The Bertz CT molecular complexity index is 1380. The molecular weight excluding hydrogens is 467 g/mol. The van der Waals surface area contributed by atoms with Crippen molar-refractivity contribution < 1.29 is 22.8 Å². The second kappa shape index (κ2) is 9.76. The first-order valence-electron chi connectivity index (χ1n) is 11.3. The Morgan fingerprint density at radius 1 is 1.06 bits per heavy atom. The van der Waals surface area contributed by atoms with Gasteiger partial charge in [-0.25, -0.2) is 4.39 Å². The third-order valence-electron chi connectivity index (χ3n) is 5.11. The van der Waals surface area contributed by atoms with Crippen molar-refractivity contribution in [2.24, 2.45) is 0 Å². The van der Waals surface area contributed by atoms with Gasteiger partial charge in [-0.3, -0.25) is 14.5 Å². The van der Waals surface area contributed by atoms with E-state index in [0.29, 0.717) is 17.3 Å². The van der Waals surface area contributed by atoms with E-state index in [4.69, 9.17) is 8.83 Å². The Morgan fingerprint density at radius 3 is 2.36 bits per heavy atom. The molecule has 1 N–H and O–H groups in total. The minimum Gasteiger partial charge on any atom is -0.464 e. The van der Waals surface area contributed by atoms with Gasteiger partial charge in [0, 0.05) is 5.54 Å². The van der Waals surface area contributed by atoms with Gasteiger partial charge in [-0.15, -0.1) is 10.2 Å². The van der Waals surface area contributed by atoms with Crippen LogP contribution in [0.1, 0.15) is 44.1 Å². The minimum absolute atomic E-state index is 0.0902. The number of aryl methyl sites for hydroxylation is 2. The van der Waals surface area contributed by atoms with E-state index in [-0.39, 0.29) is 17.3 Å². The van der Waals surface area contributed by atoms with Crippen molar-refractivity contribution in [3.8, 4) is 11.6 Å². The van der Waals surface area contributed by atoms with Crippen LogP contribution in [0, 0.1) is 19.7 Å². The minimum atomic E-state index is -1.29. The quantitative estimate of drug-likeness (QED) is 0.413. The Kier molecular flexibility index (Phi) is 6.73. The number of hydrogen-bond donors (Lipinski definition) is 1. The van der Waals surface area contributed by atoms with Gasteiger partial charge in [0.05, 0.1) is 5.69 Å². The summed E-state index contributed by atoms with van der Waals surface area (Å²) in [5.41, 5.74) is -0.711. The van der Waals surface area contributed by atoms with E-state index in [1.807, 2.05) is 20.8 Å². The van der Waals surface area contributed by atoms with Gasteiger partial charge >= 0.3 is 0 Å². The van der Waals surface area contributed by atoms with Gasteiger partial charge in [0.25, 0.3) is 11.8 Å². The number of carbonyl (C=O) groups is 2. The number of amides is 2. The maximum Gasteiger partial charge on any atom is 0.251 e. The van der Waals surface area contributed by atoms with Crippen LogP contribution in [0.2, 0.25) is 0 Å². The summed E-state index contributed by atoms with van der Waals surface area (Å²) in [4.78, 5) is 29.3. The molecule has 1 aromatic carbocycles. The largest absolute Gasteiger partial charge is 0.464 e. The standard InChI is InChI=1S/C25H27FN6O4/c1-15-10-12-19(35-15)22(24(34)27-25(3,4)5)32(18-9-7-6-8-17(18)26)21(33)14-31-29-23(28-30-31)20-13-11-16(2)36-20/h6-13,22H,14H2,1-5H3,(H,27,34)/t22-/m0/s1. The molecule has 11 heteroatoms. The highest BCUT2D eigenvalue weighted by molar-refractivity contribution is 6.01. The summed E-state index contributed by atoms with van der Waals surface area (Å²) in [5, 5.41) is 14.9. The molecule has 1 atom stereocenters. The van der Waals surface area contributed by atoms with Crippen molar-refractivity contribution in [3.63, 3.8) is 0 Å². The zero-order valence-corrected chi connectivity index (χ0v) is 20.7. The predicted octanol–water partition coefficient (Wildman–Crippen LogP) is 3.97. The average Bonchev–Trinajstić information content (AvgIpc) is 3.53. The number of anilines is 1. The Balaban J connectivity index is 1.74. The van der Waals surface area contributed by atoms with Crippen LogP contribution in [0.15, 0.2) is 57.4 Å². The van der Waals surface area contributed by atoms with Crippen LogP contribution in [0.4, 0.5) is 10.1 Å². The monoisotopic (exact) mass is 494 g/mol. The topological polar surface area (TPSA) is 119 Å². The second-order valence-corrected chi connectivity index (χ2v) is 9.36. The van der Waals surface area contributed by atoms with Crippen LogP contribution in [0.5, 0.6) is 0 Å². The summed E-state index contributed by atoms with van der Waals surface area (Å²) in [6.07, 6.45) is 0. The number of halogens is 1. The zero-order valence-electron chi connectivity index (χ0n) is 20.7. The molecule has 0 aliphatic rings. The van der Waals surface area contributed by atoms with Crippen molar-refractivity contribution in [3.05, 3.63) is 71.6 Å². The molecule has 0 aliphatic carbocycles. The second-order valence-electron chi connectivity index (χ2n) is 9.36. The lowest BCUT2D eigenvalue weighted by Crippen LogP contribution is -2.50. The zero-order chi connectivity index (χ0) is 26.0. The van der Waals surface area contributed by atoms with E-state index in [1.54, 1.807) is 44.2 Å². The molecule has 36 heavy (non-hydrogen) atoms. The number of furan rings is 2. The Morgan fingerprint density at radius 2 is 1.75 bits per heavy atom. The summed E-state index contributed by atoms with van der Waals surface area (Å²) >= 11 is 0. The summed E-state index contributed by atoms with van der Waals surface area (Å²) in [6, 6.07) is 11.1. The van der Waals surface area contributed by atoms with E-state index in [9.17, 15) is 9.59 Å². The Hall–Kier alpha value is -4.28. The van der Waals surface area contributed by atoms with Gasteiger partial charge in [0.1, 0.15) is 29.6 Å². The van der Waals surface area contributed by atoms with Crippen LogP contribution >= 0.6 is 0 Å². The van der Waals surface area contributed by atoms with Crippen molar-refractivity contribution in [1.82, 2.24) is 25.5 Å². The van der Waals surface area contributed by atoms with Crippen molar-refractivity contribution in [2.75, 3.05) is 4.90 Å². The number of aromatic nitrogens is 4. The van der Waals surface area contributed by atoms with Gasteiger partial charge in [-0.1, -0.05) is 12.1 Å². The van der Waals surface area contributed by atoms with Crippen molar-refractivity contribution in [1.29, 1.82) is 0 Å². The molecular formula is C25H27FN6O4. The lowest BCUT2D eigenvalue weighted by atomic mass is 10.1. The first-order valence-corrected chi connectivity index (χ1v) is 11.3. The van der Waals surface area contributed by atoms with Crippen LogP contribution in [-0.2, 0) is 16.1 Å². The number of tetrazole rings is 1. The number of rotatable bonds is 7. The van der Waals surface area contributed by atoms with E-state index in [2.05, 4.69) is 20.7 Å². The van der Waals surface area contributed by atoms with E-state index < -0.39 is 35.8 Å². The number of benzene rings is 1. The highest BCUT2D eigenvalue weighted by Gasteiger charge is 2.38. The van der Waals surface area contributed by atoms with Gasteiger partial charge in [-0.05, 0) is 76.2 Å². The van der Waals surface area contributed by atoms with E-state index in [1.165, 1.54) is 18.2 Å². The lowest BCUT2D eigenvalue weighted by molar-refractivity contribution is -0.128. The van der Waals surface area contributed by atoms with Gasteiger partial charge < -0.3 is 14.2 Å². The molecule has 0 saturated carbocycles. The summed E-state index contributed by atoms with van der Waals surface area (Å²) < 4.78 is 26.3. The molecule has 0 unspecified atom stereocenters. The maximum absolute atomic E-state index is 15.0. The SMILES string of the molecule is Cc1ccc(-c2nnn(CC(=O)N(c3ccccc3F)[C@H](C(=O)NC(C)(C)C)c3ccc(C)o3)n2)o1. The molecule has 0 aliphatic heterocycles. The molecule has 2 amide bonds. The van der Waals surface area contributed by atoms with Crippen molar-refractivity contribution >= 4 is 17.5 Å². The fraction of sp³-hybridized carbons (Fsp3) is 0.320. The van der Waals surface area contributed by atoms with Crippen LogP contribution in [-0.4, -0.2) is 37.6 Å². The van der Waals surface area contributed by atoms with Crippen molar-refractivity contribution in [2.45, 2.75) is 52.7 Å². The molecule has 0 saturated heterocycles. The van der Waals surface area contributed by atoms with Gasteiger partial charge in [0.2, 0.25) is 5.82 Å². The predicted molar refractivity (Wildman–Crippen MR) is 128 cm³/mol. The third kappa shape index (κ3) is 5.51. The molecule has 0 fully saturated rings. The summed E-state index contributed by atoms with van der Waals surface area (Å²) in [5.74, 6) is 0.114. The molecule has 3 heterocycles. The summed E-state index contributed by atoms with van der Waals surface area (Å²) in [7, 11) is 0. The lowest BCUT2D eigenvalue weighted by Gasteiger charge is -2.32. The number of nitrogens with one attached hydrogen (secondary N) is 1. The fourth-order valence-corrected chi connectivity index (χ4v) is 3.64. The smallest absolute Gasteiger partial charge is 0.251 e. The molecule has 4 rings (SSSR count). The third-order valence-corrected chi connectivity index (χ3v) is 5.11. The van der Waals surface area contributed by atoms with Gasteiger partial charge in [-0.2, -0.15) is 4.80 Å². The van der Waals surface area contributed by atoms with Crippen LogP contribution in [0.25, 0.3) is 11.6 Å². The average molecular weight is 495 g/mol. The maximum atomic E-state index is 15.0. The molecule has 4 aromatic rings. The molecule has 0 spiro atoms. The molecule has 0 bridgehead atoms. The molecule has 3 aromatic heterocycles. The van der Waals surface area contributed by atoms with Crippen LogP contribution in [0.3, 0.4) is 0 Å². The first kappa shape index (κ1) is 24.8. The van der Waals surface area contributed by atoms with E-state index in [0.717, 1.165) is 9.70 Å². The molecule has 188 valence electrons.